The van der Waals surface area contributed by atoms with E-state index < -0.39 is 17.7 Å². The molecule has 1 fully saturated rings. The number of aromatic nitrogens is 1. The van der Waals surface area contributed by atoms with Gasteiger partial charge in [-0.2, -0.15) is 13.2 Å². The highest BCUT2D eigenvalue weighted by Gasteiger charge is 2.36. The number of pyridine rings is 1. The van der Waals surface area contributed by atoms with Crippen molar-refractivity contribution >= 4 is 5.91 Å². The maximum absolute atomic E-state index is 12.8. The Morgan fingerprint density at radius 1 is 1.17 bits per heavy atom. The van der Waals surface area contributed by atoms with Gasteiger partial charge in [-0.05, 0) is 17.7 Å². The lowest BCUT2D eigenvalue weighted by molar-refractivity contribution is -0.137. The number of nitrogens with one attached hydrogen (secondary N) is 1. The van der Waals surface area contributed by atoms with Crippen molar-refractivity contribution < 1.29 is 18.0 Å². The third kappa shape index (κ3) is 3.36. The third-order valence-electron chi connectivity index (χ3n) is 4.12. The number of hydrogen-bond acceptors (Lipinski definition) is 2. The quantitative estimate of drug-likeness (QED) is 0.944. The van der Waals surface area contributed by atoms with Crippen LogP contribution < -0.4 is 5.32 Å². The SMILES string of the molecule is O=C1NC[C@H](c2ccccc2)[C@@H]1Cc1cc(C(F)(F)F)ccn1. The van der Waals surface area contributed by atoms with Gasteiger partial charge in [0.15, 0.2) is 0 Å². The number of hydrogen-bond donors (Lipinski definition) is 1. The molecule has 0 aliphatic carbocycles. The van der Waals surface area contributed by atoms with Crippen molar-refractivity contribution in [1.82, 2.24) is 10.3 Å². The minimum atomic E-state index is -4.41. The molecule has 2 atom stereocenters. The fourth-order valence-corrected chi connectivity index (χ4v) is 2.94. The van der Waals surface area contributed by atoms with E-state index in [4.69, 9.17) is 0 Å². The molecule has 0 spiro atoms. The van der Waals surface area contributed by atoms with E-state index >= 15 is 0 Å². The summed E-state index contributed by atoms with van der Waals surface area (Å²) in [6.07, 6.45) is -3.08. The molecule has 6 heteroatoms. The molecule has 0 unspecified atom stereocenters. The smallest absolute Gasteiger partial charge is 0.355 e. The Morgan fingerprint density at radius 2 is 1.91 bits per heavy atom. The molecule has 0 saturated carbocycles. The lowest BCUT2D eigenvalue weighted by Crippen LogP contribution is -2.22. The van der Waals surface area contributed by atoms with E-state index in [1.807, 2.05) is 30.3 Å². The van der Waals surface area contributed by atoms with Gasteiger partial charge in [0.25, 0.3) is 0 Å². The van der Waals surface area contributed by atoms with Gasteiger partial charge in [0, 0.05) is 30.8 Å². The van der Waals surface area contributed by atoms with E-state index in [-0.39, 0.29) is 23.9 Å². The van der Waals surface area contributed by atoms with Crippen molar-refractivity contribution in [2.75, 3.05) is 6.54 Å². The Morgan fingerprint density at radius 3 is 2.61 bits per heavy atom. The summed E-state index contributed by atoms with van der Waals surface area (Å²) < 4.78 is 38.4. The Bertz CT molecular complexity index is 700. The first-order valence-electron chi connectivity index (χ1n) is 7.30. The number of carbonyl (C=O) groups excluding carboxylic acids is 1. The maximum atomic E-state index is 12.8. The van der Waals surface area contributed by atoms with Gasteiger partial charge in [-0.1, -0.05) is 30.3 Å². The molecule has 3 nitrogen and oxygen atoms in total. The fraction of sp³-hybridized carbons (Fsp3) is 0.294. The number of nitrogens with zero attached hydrogens (tertiary/aromatic N) is 1. The van der Waals surface area contributed by atoms with Crippen molar-refractivity contribution in [3.05, 3.63) is 65.5 Å². The second kappa shape index (κ2) is 6.02. The molecule has 1 saturated heterocycles. The van der Waals surface area contributed by atoms with Crippen molar-refractivity contribution in [3.63, 3.8) is 0 Å². The first kappa shape index (κ1) is 15.5. The largest absolute Gasteiger partial charge is 0.416 e. The summed E-state index contributed by atoms with van der Waals surface area (Å²) >= 11 is 0. The number of carbonyl (C=O) groups is 1. The second-order valence-electron chi connectivity index (χ2n) is 5.61. The van der Waals surface area contributed by atoms with Crippen molar-refractivity contribution in [3.8, 4) is 0 Å². The van der Waals surface area contributed by atoms with E-state index in [1.54, 1.807) is 0 Å². The van der Waals surface area contributed by atoms with Gasteiger partial charge in [0.2, 0.25) is 5.91 Å². The molecule has 2 heterocycles. The Kier molecular flexibility index (Phi) is 4.07. The standard InChI is InChI=1S/C17H15F3N2O/c18-17(19,20)12-6-7-21-13(8-12)9-14-15(10-22-16(14)23)11-4-2-1-3-5-11/h1-8,14-15H,9-10H2,(H,22,23)/t14-,15+/m0/s1. The molecule has 0 radical (unpaired) electrons. The second-order valence-corrected chi connectivity index (χ2v) is 5.61. The van der Waals surface area contributed by atoms with Crippen molar-refractivity contribution in [2.45, 2.75) is 18.5 Å². The lowest BCUT2D eigenvalue weighted by Gasteiger charge is -2.17. The van der Waals surface area contributed by atoms with E-state index in [0.29, 0.717) is 6.54 Å². The number of rotatable bonds is 3. The minimum absolute atomic E-state index is 0.0555. The summed E-state index contributed by atoms with van der Waals surface area (Å²) in [7, 11) is 0. The molecular formula is C17H15F3N2O. The topological polar surface area (TPSA) is 42.0 Å². The van der Waals surface area contributed by atoms with Crippen LogP contribution in [0.4, 0.5) is 13.2 Å². The summed E-state index contributed by atoms with van der Waals surface area (Å²) in [4.78, 5) is 16.1. The molecule has 1 aliphatic rings. The highest BCUT2D eigenvalue weighted by atomic mass is 19.4. The number of benzene rings is 1. The van der Waals surface area contributed by atoms with Gasteiger partial charge in [-0.3, -0.25) is 9.78 Å². The molecule has 1 amide bonds. The first-order valence-corrected chi connectivity index (χ1v) is 7.30. The van der Waals surface area contributed by atoms with Crippen LogP contribution in [0.1, 0.15) is 22.7 Å². The van der Waals surface area contributed by atoms with Crippen LogP contribution in [-0.4, -0.2) is 17.4 Å². The third-order valence-corrected chi connectivity index (χ3v) is 4.12. The fourth-order valence-electron chi connectivity index (χ4n) is 2.94. The number of alkyl halides is 3. The van der Waals surface area contributed by atoms with E-state index in [2.05, 4.69) is 10.3 Å². The van der Waals surface area contributed by atoms with Crippen LogP contribution in [0.3, 0.4) is 0 Å². The highest BCUT2D eigenvalue weighted by molar-refractivity contribution is 5.82. The van der Waals surface area contributed by atoms with Gasteiger partial charge in [-0.25, -0.2) is 0 Å². The molecular weight excluding hydrogens is 305 g/mol. The summed E-state index contributed by atoms with van der Waals surface area (Å²) in [6.45, 7) is 0.493. The zero-order valence-electron chi connectivity index (χ0n) is 12.2. The van der Waals surface area contributed by atoms with Crippen LogP contribution in [0.2, 0.25) is 0 Å². The van der Waals surface area contributed by atoms with Crippen LogP contribution in [0.25, 0.3) is 0 Å². The average Bonchev–Trinajstić information content (AvgIpc) is 2.89. The highest BCUT2D eigenvalue weighted by Crippen LogP contribution is 2.33. The molecule has 1 aromatic heterocycles. The molecule has 120 valence electrons. The van der Waals surface area contributed by atoms with Gasteiger partial charge in [-0.15, -0.1) is 0 Å². The van der Waals surface area contributed by atoms with Crippen molar-refractivity contribution in [2.24, 2.45) is 5.92 Å². The van der Waals surface area contributed by atoms with Gasteiger partial charge in [0.05, 0.1) is 11.5 Å². The van der Waals surface area contributed by atoms with Crippen LogP contribution in [0, 0.1) is 5.92 Å². The first-order chi connectivity index (χ1) is 10.9. The molecule has 1 aromatic carbocycles. The molecule has 2 aromatic rings. The van der Waals surface area contributed by atoms with Crippen molar-refractivity contribution in [1.29, 1.82) is 0 Å². The van der Waals surface area contributed by atoms with Crippen LogP contribution in [-0.2, 0) is 17.4 Å². The van der Waals surface area contributed by atoms with E-state index in [1.165, 1.54) is 0 Å². The molecule has 1 N–H and O–H groups in total. The van der Waals surface area contributed by atoms with Crippen LogP contribution in [0.5, 0.6) is 0 Å². The Labute approximate surface area is 131 Å². The molecule has 0 bridgehead atoms. The predicted molar refractivity (Wildman–Crippen MR) is 78.6 cm³/mol. The zero-order chi connectivity index (χ0) is 16.4. The summed E-state index contributed by atoms with van der Waals surface area (Å²) in [5.74, 6) is -0.605. The van der Waals surface area contributed by atoms with E-state index in [0.717, 1.165) is 23.9 Å². The maximum Gasteiger partial charge on any atom is 0.416 e. The predicted octanol–water partition coefficient (Wildman–Crippen LogP) is 3.17. The number of amides is 1. The average molecular weight is 320 g/mol. The zero-order valence-corrected chi connectivity index (χ0v) is 12.2. The molecule has 3 rings (SSSR count). The normalized spacial score (nSPS) is 21.3. The summed E-state index contributed by atoms with van der Waals surface area (Å²) in [5.41, 5.74) is 0.544. The molecule has 1 aliphatic heterocycles. The molecule has 23 heavy (non-hydrogen) atoms. The van der Waals surface area contributed by atoms with Crippen LogP contribution in [0.15, 0.2) is 48.7 Å². The van der Waals surface area contributed by atoms with Crippen LogP contribution >= 0.6 is 0 Å². The lowest BCUT2D eigenvalue weighted by atomic mass is 9.85. The Balaban J connectivity index is 1.84. The van der Waals surface area contributed by atoms with E-state index in [9.17, 15) is 18.0 Å². The van der Waals surface area contributed by atoms with Gasteiger partial charge >= 0.3 is 6.18 Å². The Hall–Kier alpha value is -2.37. The summed E-state index contributed by atoms with van der Waals surface area (Å²) in [6, 6.07) is 11.5. The van der Waals surface area contributed by atoms with Gasteiger partial charge < -0.3 is 5.32 Å². The van der Waals surface area contributed by atoms with Gasteiger partial charge in [0.1, 0.15) is 0 Å². The summed E-state index contributed by atoms with van der Waals surface area (Å²) in [5, 5.41) is 2.79. The monoisotopic (exact) mass is 320 g/mol. The minimum Gasteiger partial charge on any atom is -0.355 e. The number of halogens is 3.